The summed E-state index contributed by atoms with van der Waals surface area (Å²) in [4.78, 5) is 12.1. The first kappa shape index (κ1) is 17.2. The Balaban J connectivity index is 1.50. The van der Waals surface area contributed by atoms with Crippen LogP contribution in [0.1, 0.15) is 49.1 Å². The highest BCUT2D eigenvalue weighted by molar-refractivity contribution is 7.09. The first-order chi connectivity index (χ1) is 12.2. The predicted octanol–water partition coefficient (Wildman–Crippen LogP) is 2.97. The van der Waals surface area contributed by atoms with Gasteiger partial charge in [-0.05, 0) is 50.6 Å². The lowest BCUT2D eigenvalue weighted by Gasteiger charge is -2.29. The van der Waals surface area contributed by atoms with Crippen LogP contribution < -0.4 is 5.32 Å². The van der Waals surface area contributed by atoms with E-state index in [1.54, 1.807) is 0 Å². The molecule has 1 saturated carbocycles. The largest absolute Gasteiger partial charge is 0.337 e. The average molecular weight is 360 g/mol. The zero-order valence-corrected chi connectivity index (χ0v) is 16.2. The molecule has 2 fully saturated rings. The van der Waals surface area contributed by atoms with Crippen LogP contribution >= 0.6 is 11.3 Å². The van der Waals surface area contributed by atoms with Gasteiger partial charge in [0.15, 0.2) is 0 Å². The SMILES string of the molecule is CCCc1nc(CN(Cc2nccn2C)[C@H]2CC23CCNCC3)cs1. The Morgan fingerprint density at radius 2 is 2.20 bits per heavy atom. The van der Waals surface area contributed by atoms with Gasteiger partial charge in [-0.1, -0.05) is 6.92 Å². The van der Waals surface area contributed by atoms with Crippen molar-refractivity contribution >= 4 is 11.3 Å². The van der Waals surface area contributed by atoms with E-state index in [1.807, 2.05) is 23.7 Å². The van der Waals surface area contributed by atoms with Gasteiger partial charge >= 0.3 is 0 Å². The fraction of sp³-hybridized carbons (Fsp3) is 0.684. The lowest BCUT2D eigenvalue weighted by molar-refractivity contribution is 0.181. The molecular weight excluding hydrogens is 330 g/mol. The molecule has 1 spiro atoms. The number of aromatic nitrogens is 3. The van der Waals surface area contributed by atoms with Crippen LogP contribution in [0.2, 0.25) is 0 Å². The molecule has 1 N–H and O–H groups in total. The summed E-state index contributed by atoms with van der Waals surface area (Å²) in [5, 5.41) is 7.05. The number of rotatable bonds is 7. The second kappa shape index (κ2) is 7.17. The second-order valence-electron chi connectivity index (χ2n) is 7.67. The minimum Gasteiger partial charge on any atom is -0.337 e. The van der Waals surface area contributed by atoms with Crippen LogP contribution in [0.4, 0.5) is 0 Å². The number of thiazole rings is 1. The van der Waals surface area contributed by atoms with Crippen molar-refractivity contribution in [3.8, 4) is 0 Å². The van der Waals surface area contributed by atoms with Crippen molar-refractivity contribution in [2.75, 3.05) is 13.1 Å². The lowest BCUT2D eigenvalue weighted by atomic mass is 9.93. The highest BCUT2D eigenvalue weighted by Crippen LogP contribution is 2.56. The molecule has 0 radical (unpaired) electrons. The van der Waals surface area contributed by atoms with Crippen LogP contribution in [0.15, 0.2) is 17.8 Å². The standard InChI is InChI=1S/C19H29N5S/c1-3-4-18-22-15(14-25-18)12-24(13-17-21-9-10-23(17)2)16-11-19(16)5-7-20-8-6-19/h9-10,14,16,20H,3-8,11-13H2,1-2H3/t16-/m0/s1. The zero-order valence-electron chi connectivity index (χ0n) is 15.4. The highest BCUT2D eigenvalue weighted by Gasteiger charge is 2.56. The van der Waals surface area contributed by atoms with Crippen molar-refractivity contribution in [2.24, 2.45) is 12.5 Å². The number of piperidine rings is 1. The van der Waals surface area contributed by atoms with Gasteiger partial charge in [-0.15, -0.1) is 11.3 Å². The van der Waals surface area contributed by atoms with Gasteiger partial charge in [0.05, 0.1) is 17.2 Å². The summed E-state index contributed by atoms with van der Waals surface area (Å²) in [6.07, 6.45) is 10.2. The summed E-state index contributed by atoms with van der Waals surface area (Å²) < 4.78 is 2.15. The number of nitrogens with one attached hydrogen (secondary N) is 1. The summed E-state index contributed by atoms with van der Waals surface area (Å²) >= 11 is 1.82. The molecular formula is C19H29N5S. The Bertz CT molecular complexity index is 700. The van der Waals surface area contributed by atoms with Gasteiger partial charge in [-0.25, -0.2) is 9.97 Å². The third-order valence-corrected chi connectivity index (χ3v) is 6.84. The Labute approximate surface area is 154 Å². The molecule has 6 heteroatoms. The molecule has 0 unspecified atom stereocenters. The lowest BCUT2D eigenvalue weighted by Crippen LogP contribution is -2.36. The molecule has 2 aliphatic rings. The first-order valence-electron chi connectivity index (χ1n) is 9.54. The molecule has 0 aromatic carbocycles. The van der Waals surface area contributed by atoms with Crippen molar-refractivity contribution in [1.82, 2.24) is 24.8 Å². The van der Waals surface area contributed by atoms with Crippen LogP contribution in [-0.2, 0) is 26.6 Å². The number of aryl methyl sites for hydroxylation is 2. The van der Waals surface area contributed by atoms with Crippen LogP contribution in [0.3, 0.4) is 0 Å². The molecule has 136 valence electrons. The van der Waals surface area contributed by atoms with Gasteiger partial charge in [0.2, 0.25) is 0 Å². The minimum atomic E-state index is 0.540. The molecule has 25 heavy (non-hydrogen) atoms. The number of hydrogen-bond donors (Lipinski definition) is 1. The molecule has 2 aromatic rings. The molecule has 2 aromatic heterocycles. The van der Waals surface area contributed by atoms with Crippen molar-refractivity contribution in [1.29, 1.82) is 0 Å². The average Bonchev–Trinajstić information content (AvgIpc) is 2.93. The molecule has 1 saturated heterocycles. The third-order valence-electron chi connectivity index (χ3n) is 5.88. The van der Waals surface area contributed by atoms with E-state index in [0.717, 1.165) is 25.3 Å². The molecule has 1 atom stereocenters. The van der Waals surface area contributed by atoms with Crippen molar-refractivity contribution in [3.63, 3.8) is 0 Å². The summed E-state index contributed by atoms with van der Waals surface area (Å²) in [5.41, 5.74) is 1.78. The van der Waals surface area contributed by atoms with E-state index in [9.17, 15) is 0 Å². The van der Waals surface area contributed by atoms with Crippen LogP contribution in [0.5, 0.6) is 0 Å². The molecule has 1 aliphatic carbocycles. The highest BCUT2D eigenvalue weighted by atomic mass is 32.1. The van der Waals surface area contributed by atoms with Crippen LogP contribution in [0, 0.1) is 5.41 Å². The van der Waals surface area contributed by atoms with E-state index in [0.29, 0.717) is 11.5 Å². The van der Waals surface area contributed by atoms with E-state index < -0.39 is 0 Å². The Morgan fingerprint density at radius 3 is 2.92 bits per heavy atom. The van der Waals surface area contributed by atoms with Gasteiger partial charge in [0.25, 0.3) is 0 Å². The van der Waals surface area contributed by atoms with E-state index in [-0.39, 0.29) is 0 Å². The van der Waals surface area contributed by atoms with E-state index in [2.05, 4.69) is 39.1 Å². The summed E-state index contributed by atoms with van der Waals surface area (Å²) in [5.74, 6) is 1.15. The van der Waals surface area contributed by atoms with Gasteiger partial charge in [-0.2, -0.15) is 0 Å². The van der Waals surface area contributed by atoms with Gasteiger partial charge < -0.3 is 9.88 Å². The second-order valence-corrected chi connectivity index (χ2v) is 8.62. The van der Waals surface area contributed by atoms with E-state index in [4.69, 9.17) is 4.98 Å². The fourth-order valence-corrected chi connectivity index (χ4v) is 5.16. The molecule has 1 aliphatic heterocycles. The quantitative estimate of drug-likeness (QED) is 0.826. The molecule has 5 nitrogen and oxygen atoms in total. The Hall–Kier alpha value is -1.24. The first-order valence-corrected chi connectivity index (χ1v) is 10.4. The van der Waals surface area contributed by atoms with Crippen LogP contribution in [-0.4, -0.2) is 38.6 Å². The monoisotopic (exact) mass is 359 g/mol. The third kappa shape index (κ3) is 3.66. The number of nitrogens with zero attached hydrogens (tertiary/aromatic N) is 4. The fourth-order valence-electron chi connectivity index (χ4n) is 4.27. The van der Waals surface area contributed by atoms with Crippen LogP contribution in [0.25, 0.3) is 0 Å². The maximum atomic E-state index is 4.87. The topological polar surface area (TPSA) is 46.0 Å². The molecule has 4 rings (SSSR count). The van der Waals surface area contributed by atoms with Gasteiger partial charge in [0.1, 0.15) is 5.82 Å². The Morgan fingerprint density at radius 1 is 1.36 bits per heavy atom. The molecule has 3 heterocycles. The molecule has 0 amide bonds. The normalized spacial score (nSPS) is 22.0. The van der Waals surface area contributed by atoms with Crippen molar-refractivity contribution < 1.29 is 0 Å². The maximum absolute atomic E-state index is 4.87. The summed E-state index contributed by atoms with van der Waals surface area (Å²) in [7, 11) is 2.09. The van der Waals surface area contributed by atoms with Crippen molar-refractivity contribution in [3.05, 3.63) is 34.3 Å². The maximum Gasteiger partial charge on any atom is 0.122 e. The van der Waals surface area contributed by atoms with E-state index >= 15 is 0 Å². The van der Waals surface area contributed by atoms with Gasteiger partial charge in [0, 0.05) is 37.4 Å². The number of hydrogen-bond acceptors (Lipinski definition) is 5. The predicted molar refractivity (Wildman–Crippen MR) is 102 cm³/mol. The number of imidazole rings is 1. The van der Waals surface area contributed by atoms with Gasteiger partial charge in [-0.3, -0.25) is 4.90 Å². The summed E-state index contributed by atoms with van der Waals surface area (Å²) in [6, 6.07) is 0.683. The Kier molecular flexibility index (Phi) is 4.93. The van der Waals surface area contributed by atoms with E-state index in [1.165, 1.54) is 49.5 Å². The smallest absolute Gasteiger partial charge is 0.122 e. The minimum absolute atomic E-state index is 0.540. The molecule has 0 bridgehead atoms. The van der Waals surface area contributed by atoms with Crippen molar-refractivity contribution in [2.45, 2.75) is 58.2 Å². The summed E-state index contributed by atoms with van der Waals surface area (Å²) in [6.45, 7) is 6.44. The zero-order chi connectivity index (χ0) is 17.3.